The fourth-order valence-corrected chi connectivity index (χ4v) is 4.98. The summed E-state index contributed by atoms with van der Waals surface area (Å²) in [5, 5.41) is 10.4. The monoisotopic (exact) mass is 706 g/mol. The van der Waals surface area contributed by atoms with E-state index < -0.39 is 23.9 Å². The normalized spacial score (nSPS) is 11.7. The molecule has 3 amide bonds. The number of rotatable bonds is 13. The Morgan fingerprint density at radius 2 is 1.25 bits per heavy atom. The summed E-state index contributed by atoms with van der Waals surface area (Å²) >= 11 is 0. The summed E-state index contributed by atoms with van der Waals surface area (Å²) in [4.78, 5) is 41.8. The highest BCUT2D eigenvalue weighted by Crippen LogP contribution is 2.22. The molecule has 0 spiro atoms. The Kier molecular flexibility index (Phi) is 18.1. The van der Waals surface area contributed by atoms with E-state index in [0.29, 0.717) is 19.4 Å². The number of hydrogen-bond donors (Lipinski definition) is 6. The Hall–Kier alpha value is -5.23. The summed E-state index contributed by atoms with van der Waals surface area (Å²) in [6.07, 6.45) is 6.54. The van der Waals surface area contributed by atoms with Gasteiger partial charge < -0.3 is 45.9 Å². The van der Waals surface area contributed by atoms with Crippen molar-refractivity contribution in [3.05, 3.63) is 96.4 Å². The van der Waals surface area contributed by atoms with Gasteiger partial charge in [0.1, 0.15) is 18.8 Å². The lowest BCUT2D eigenvalue weighted by Gasteiger charge is -2.24. The van der Waals surface area contributed by atoms with Gasteiger partial charge in [-0.25, -0.2) is 14.4 Å². The minimum absolute atomic E-state index is 0. The van der Waals surface area contributed by atoms with E-state index in [1.165, 1.54) is 23.1 Å². The minimum atomic E-state index is -0.608. The number of hydrogen-bond acceptors (Lipinski definition) is 7. The third-order valence-corrected chi connectivity index (χ3v) is 7.18. The van der Waals surface area contributed by atoms with E-state index in [1.54, 1.807) is 20.8 Å². The van der Waals surface area contributed by atoms with Crippen LogP contribution in [-0.2, 0) is 27.1 Å². The van der Waals surface area contributed by atoms with Crippen LogP contribution in [0.2, 0.25) is 0 Å². The molecule has 7 N–H and O–H groups in total. The van der Waals surface area contributed by atoms with Crippen molar-refractivity contribution in [2.45, 2.75) is 80.0 Å². The number of carbonyl (C=O) groups is 3. The second-order valence-electron chi connectivity index (χ2n) is 12.8. The van der Waals surface area contributed by atoms with Crippen molar-refractivity contribution < 1.29 is 28.6 Å². The molecule has 4 aromatic rings. The van der Waals surface area contributed by atoms with Crippen molar-refractivity contribution in [3.63, 3.8) is 0 Å². The largest absolute Gasteiger partial charge is 0.445 e. The molecule has 0 fully saturated rings. The van der Waals surface area contributed by atoms with E-state index in [9.17, 15) is 14.4 Å². The van der Waals surface area contributed by atoms with Crippen molar-refractivity contribution >= 4 is 40.1 Å². The van der Waals surface area contributed by atoms with Gasteiger partial charge in [-0.3, -0.25) is 0 Å². The van der Waals surface area contributed by atoms with Gasteiger partial charge in [-0.2, -0.15) is 0 Å². The topological polar surface area (TPSA) is 173 Å². The fourth-order valence-electron chi connectivity index (χ4n) is 4.98. The zero-order valence-corrected chi connectivity index (χ0v) is 29.1. The molecule has 2 heterocycles. The Bertz CT molecular complexity index is 1720. The lowest BCUT2D eigenvalue weighted by atomic mass is 10.0. The summed E-state index contributed by atoms with van der Waals surface area (Å²) in [6, 6.07) is 11.9. The standard InChI is InChI=1S/C21H29N3O4.C16H21N3O2.2CH4/c1-6-9-27-19(25)23-13-16(24-20(26)28-21(3,4)5)11-15-12-22-18-8-7-14(2)10-17(15)18;1-3-6-21-16(20)19-10-13(17)8-12-9-18-15-5-4-11(2)7-14(12)15;;/h6-8,10,12,16,22H,1,9,11,13H2,2-5H3,(H,23,25)(H,24,26);3-5,7,9,13,18H,1,6,8,10,17H2,2H3,(H,19,20);2*1H4/t16-;13-;;/m00../s1. The lowest BCUT2D eigenvalue weighted by Crippen LogP contribution is -2.46. The van der Waals surface area contributed by atoms with Gasteiger partial charge >= 0.3 is 18.3 Å². The van der Waals surface area contributed by atoms with E-state index in [0.717, 1.165) is 33.1 Å². The maximum Gasteiger partial charge on any atom is 0.407 e. The molecule has 12 heteroatoms. The molecule has 0 unspecified atom stereocenters. The Balaban J connectivity index is 0.000000509. The average molecular weight is 707 g/mol. The Labute approximate surface area is 302 Å². The number of ether oxygens (including phenoxy) is 3. The van der Waals surface area contributed by atoms with Crippen LogP contribution >= 0.6 is 0 Å². The van der Waals surface area contributed by atoms with Crippen molar-refractivity contribution in [1.82, 2.24) is 25.9 Å². The Morgan fingerprint density at radius 3 is 1.73 bits per heavy atom. The molecule has 2 aromatic heterocycles. The van der Waals surface area contributed by atoms with Crippen LogP contribution in [0.15, 0.2) is 74.1 Å². The molecular weight excluding hydrogens is 648 g/mol. The number of alkyl carbamates (subject to hydrolysis) is 3. The molecule has 0 saturated carbocycles. The highest BCUT2D eigenvalue weighted by Gasteiger charge is 2.21. The molecule has 0 aliphatic rings. The van der Waals surface area contributed by atoms with Gasteiger partial charge in [-0.15, -0.1) is 0 Å². The van der Waals surface area contributed by atoms with Crippen molar-refractivity contribution in [3.8, 4) is 0 Å². The van der Waals surface area contributed by atoms with Gasteiger partial charge in [0.25, 0.3) is 0 Å². The van der Waals surface area contributed by atoms with Crippen molar-refractivity contribution in [2.24, 2.45) is 5.73 Å². The summed E-state index contributed by atoms with van der Waals surface area (Å²) in [5.41, 5.74) is 12.1. The first-order valence-electron chi connectivity index (χ1n) is 16.2. The van der Waals surface area contributed by atoms with Crippen LogP contribution < -0.4 is 21.7 Å². The van der Waals surface area contributed by atoms with E-state index in [2.05, 4.69) is 70.3 Å². The Morgan fingerprint density at radius 1 is 0.784 bits per heavy atom. The molecule has 0 bridgehead atoms. The summed E-state index contributed by atoms with van der Waals surface area (Å²) in [6.45, 7) is 17.4. The highest BCUT2D eigenvalue weighted by molar-refractivity contribution is 5.84. The molecule has 0 saturated heterocycles. The third-order valence-electron chi connectivity index (χ3n) is 7.18. The predicted octanol–water partition coefficient (Wildman–Crippen LogP) is 7.35. The maximum absolute atomic E-state index is 12.2. The number of aryl methyl sites for hydroxylation is 2. The first-order valence-corrected chi connectivity index (χ1v) is 16.2. The molecule has 12 nitrogen and oxygen atoms in total. The fraction of sp³-hybridized carbons (Fsp3) is 0.410. The molecule has 0 radical (unpaired) electrons. The van der Waals surface area contributed by atoms with Crippen LogP contribution in [0.5, 0.6) is 0 Å². The molecular formula is C39H58N6O6. The third kappa shape index (κ3) is 15.0. The number of fused-ring (bicyclic) bond motifs is 2. The smallest absolute Gasteiger partial charge is 0.407 e. The van der Waals surface area contributed by atoms with E-state index in [4.69, 9.17) is 19.9 Å². The SMILES string of the molecule is C.C.C=CCOC(=O)NC[C@@H](N)Cc1c[nH]c2ccc(C)cc12.C=CCOC(=O)NC[C@H](Cc1c[nH]c2ccc(C)cc12)NC(=O)OC(C)(C)C. The number of benzene rings is 2. The zero-order chi connectivity index (χ0) is 36.0. The zero-order valence-electron chi connectivity index (χ0n) is 29.1. The lowest BCUT2D eigenvalue weighted by molar-refractivity contribution is 0.0502. The quantitative estimate of drug-likeness (QED) is 0.0623. The molecule has 0 aliphatic heterocycles. The number of nitrogens with one attached hydrogen (secondary N) is 5. The first kappa shape index (κ1) is 43.8. The average Bonchev–Trinajstić information content (AvgIpc) is 3.62. The second-order valence-corrected chi connectivity index (χ2v) is 12.8. The number of aromatic amines is 2. The van der Waals surface area contributed by atoms with E-state index in [-0.39, 0.29) is 46.7 Å². The molecule has 0 aliphatic carbocycles. The number of H-pyrrole nitrogens is 2. The van der Waals surface area contributed by atoms with Crippen LogP contribution in [0.4, 0.5) is 14.4 Å². The predicted molar refractivity (Wildman–Crippen MR) is 207 cm³/mol. The van der Waals surface area contributed by atoms with E-state index >= 15 is 0 Å². The van der Waals surface area contributed by atoms with Gasteiger partial charge in [-0.1, -0.05) is 63.4 Å². The van der Waals surface area contributed by atoms with Crippen LogP contribution in [0, 0.1) is 13.8 Å². The molecule has 280 valence electrons. The van der Waals surface area contributed by atoms with Gasteiger partial charge in [0.15, 0.2) is 0 Å². The molecule has 2 aromatic carbocycles. The number of amides is 3. The summed E-state index contributed by atoms with van der Waals surface area (Å²) in [5.74, 6) is 0. The minimum Gasteiger partial charge on any atom is -0.445 e. The molecule has 51 heavy (non-hydrogen) atoms. The molecule has 2 atom stereocenters. The number of carbonyl (C=O) groups excluding carboxylic acids is 3. The maximum atomic E-state index is 12.2. The number of aromatic nitrogens is 2. The van der Waals surface area contributed by atoms with Crippen molar-refractivity contribution in [2.75, 3.05) is 26.3 Å². The van der Waals surface area contributed by atoms with Crippen molar-refractivity contribution in [1.29, 1.82) is 0 Å². The van der Waals surface area contributed by atoms with Crippen LogP contribution in [0.1, 0.15) is 57.9 Å². The van der Waals surface area contributed by atoms with Gasteiger partial charge in [0.2, 0.25) is 0 Å². The molecule has 4 rings (SSSR count). The van der Waals surface area contributed by atoms with Gasteiger partial charge in [0.05, 0.1) is 6.04 Å². The van der Waals surface area contributed by atoms with E-state index in [1.807, 2.05) is 31.5 Å². The van der Waals surface area contributed by atoms with Crippen LogP contribution in [0.25, 0.3) is 21.8 Å². The second kappa shape index (κ2) is 21.1. The van der Waals surface area contributed by atoms with Crippen LogP contribution in [0.3, 0.4) is 0 Å². The van der Waals surface area contributed by atoms with Gasteiger partial charge in [0, 0.05) is 53.3 Å². The first-order chi connectivity index (χ1) is 23.3. The highest BCUT2D eigenvalue weighted by atomic mass is 16.6. The number of nitrogens with two attached hydrogens (primary N) is 1. The van der Waals surface area contributed by atoms with Gasteiger partial charge in [-0.05, 0) is 82.9 Å². The summed E-state index contributed by atoms with van der Waals surface area (Å²) in [7, 11) is 0. The van der Waals surface area contributed by atoms with Crippen LogP contribution in [-0.4, -0.2) is 72.2 Å². The summed E-state index contributed by atoms with van der Waals surface area (Å²) < 4.78 is 15.1.